The standard InChI is InChI=1S/C21H34N4O4/c1-7-22-19(24-14-15(2)18(26)28-6)23-13-12-16-8-10-17(11-9-16)25-20(27)29-21(3,4)5/h8-11,15H,7,12-14H2,1-6H3,(H,25,27)(H2,22,23,24). The summed E-state index contributed by atoms with van der Waals surface area (Å²) in [6, 6.07) is 7.60. The number of rotatable bonds is 8. The molecule has 0 aliphatic heterocycles. The molecule has 1 atom stereocenters. The summed E-state index contributed by atoms with van der Waals surface area (Å²) in [4.78, 5) is 27.7. The normalized spacial score (nSPS) is 12.7. The Morgan fingerprint density at radius 1 is 1.14 bits per heavy atom. The minimum atomic E-state index is -0.532. The Morgan fingerprint density at radius 3 is 2.34 bits per heavy atom. The van der Waals surface area contributed by atoms with Crippen molar-refractivity contribution in [2.24, 2.45) is 10.9 Å². The Balaban J connectivity index is 2.50. The molecule has 0 aliphatic carbocycles. The molecule has 0 saturated heterocycles. The highest BCUT2D eigenvalue weighted by Gasteiger charge is 2.16. The largest absolute Gasteiger partial charge is 0.469 e. The van der Waals surface area contributed by atoms with Crippen molar-refractivity contribution < 1.29 is 19.1 Å². The van der Waals surface area contributed by atoms with Gasteiger partial charge in [-0.15, -0.1) is 0 Å². The minimum Gasteiger partial charge on any atom is -0.469 e. The molecule has 0 aliphatic rings. The molecule has 1 aromatic rings. The molecule has 1 amide bonds. The maximum atomic E-state index is 11.8. The van der Waals surface area contributed by atoms with Crippen LogP contribution in [0.5, 0.6) is 0 Å². The first kappa shape index (κ1) is 24.3. The van der Waals surface area contributed by atoms with Gasteiger partial charge in [0.2, 0.25) is 0 Å². The van der Waals surface area contributed by atoms with Crippen molar-refractivity contribution in [3.63, 3.8) is 0 Å². The summed E-state index contributed by atoms with van der Waals surface area (Å²) in [7, 11) is 1.38. The molecule has 8 nitrogen and oxygen atoms in total. The predicted octanol–water partition coefficient (Wildman–Crippen LogP) is 2.94. The summed E-state index contributed by atoms with van der Waals surface area (Å²) in [5.41, 5.74) is 1.27. The highest BCUT2D eigenvalue weighted by molar-refractivity contribution is 5.84. The molecule has 1 aromatic carbocycles. The quantitative estimate of drug-likeness (QED) is 0.349. The number of esters is 1. The number of aliphatic imine (C=N–C) groups is 1. The van der Waals surface area contributed by atoms with Gasteiger partial charge in [0, 0.05) is 18.8 Å². The number of carbonyl (C=O) groups excluding carboxylic acids is 2. The van der Waals surface area contributed by atoms with E-state index >= 15 is 0 Å². The first-order valence-corrected chi connectivity index (χ1v) is 9.83. The molecule has 3 N–H and O–H groups in total. The number of benzene rings is 1. The third-order valence-electron chi connectivity index (χ3n) is 3.78. The van der Waals surface area contributed by atoms with Crippen LogP contribution in [0, 0.1) is 5.92 Å². The Labute approximate surface area is 173 Å². The van der Waals surface area contributed by atoms with E-state index in [0.717, 1.165) is 18.5 Å². The number of amides is 1. The first-order valence-electron chi connectivity index (χ1n) is 9.83. The number of guanidine groups is 1. The molecule has 0 fully saturated rings. The summed E-state index contributed by atoms with van der Waals surface area (Å²) < 4.78 is 9.96. The van der Waals surface area contributed by atoms with Crippen LogP contribution in [0.3, 0.4) is 0 Å². The van der Waals surface area contributed by atoms with E-state index in [1.165, 1.54) is 7.11 Å². The van der Waals surface area contributed by atoms with E-state index in [9.17, 15) is 9.59 Å². The fourth-order valence-corrected chi connectivity index (χ4v) is 2.35. The van der Waals surface area contributed by atoms with Crippen molar-refractivity contribution in [3.8, 4) is 0 Å². The third kappa shape index (κ3) is 10.4. The van der Waals surface area contributed by atoms with Gasteiger partial charge in [0.15, 0.2) is 5.96 Å². The van der Waals surface area contributed by atoms with Gasteiger partial charge in [-0.1, -0.05) is 19.1 Å². The van der Waals surface area contributed by atoms with Crippen molar-refractivity contribution in [2.45, 2.75) is 46.6 Å². The zero-order chi connectivity index (χ0) is 21.9. The van der Waals surface area contributed by atoms with Crippen LogP contribution in [0.25, 0.3) is 0 Å². The summed E-state index contributed by atoms with van der Waals surface area (Å²) >= 11 is 0. The molecule has 0 saturated carbocycles. The number of carbonyl (C=O) groups is 2. The maximum Gasteiger partial charge on any atom is 0.412 e. The zero-order valence-corrected chi connectivity index (χ0v) is 18.3. The van der Waals surface area contributed by atoms with Crippen LogP contribution in [-0.2, 0) is 20.7 Å². The Morgan fingerprint density at radius 2 is 1.79 bits per heavy atom. The topological polar surface area (TPSA) is 101 Å². The second kappa shape index (κ2) is 11.9. The van der Waals surface area contributed by atoms with Crippen LogP contribution < -0.4 is 16.0 Å². The average Bonchev–Trinajstić information content (AvgIpc) is 2.65. The summed E-state index contributed by atoms with van der Waals surface area (Å²) in [5.74, 6) is 0.0941. The average molecular weight is 407 g/mol. The van der Waals surface area contributed by atoms with Crippen molar-refractivity contribution >= 4 is 23.7 Å². The van der Waals surface area contributed by atoms with E-state index in [2.05, 4.69) is 20.9 Å². The van der Waals surface area contributed by atoms with E-state index in [-0.39, 0.29) is 11.9 Å². The Kier molecular flexibility index (Phi) is 9.99. The smallest absolute Gasteiger partial charge is 0.412 e. The number of nitrogens with one attached hydrogen (secondary N) is 3. The number of anilines is 1. The van der Waals surface area contributed by atoms with Crippen LogP contribution >= 0.6 is 0 Å². The molecule has 0 heterocycles. The van der Waals surface area contributed by atoms with E-state index < -0.39 is 11.7 Å². The van der Waals surface area contributed by atoms with Gasteiger partial charge in [0.1, 0.15) is 5.60 Å². The molecule has 0 bridgehead atoms. The van der Waals surface area contributed by atoms with Crippen molar-refractivity contribution in [2.75, 3.05) is 32.1 Å². The second-order valence-corrected chi connectivity index (χ2v) is 7.64. The van der Waals surface area contributed by atoms with Gasteiger partial charge < -0.3 is 20.1 Å². The number of ether oxygens (including phenoxy) is 2. The van der Waals surface area contributed by atoms with Gasteiger partial charge in [0.05, 0.1) is 19.6 Å². The molecular formula is C21H34N4O4. The van der Waals surface area contributed by atoms with Crippen LogP contribution in [0.1, 0.15) is 40.2 Å². The maximum absolute atomic E-state index is 11.8. The lowest BCUT2D eigenvalue weighted by atomic mass is 10.1. The van der Waals surface area contributed by atoms with Crippen LogP contribution in [0.15, 0.2) is 29.3 Å². The van der Waals surface area contributed by atoms with E-state index in [0.29, 0.717) is 24.7 Å². The van der Waals surface area contributed by atoms with Gasteiger partial charge in [-0.05, 0) is 51.8 Å². The monoisotopic (exact) mass is 406 g/mol. The van der Waals surface area contributed by atoms with Crippen LogP contribution in [-0.4, -0.2) is 50.4 Å². The summed E-state index contributed by atoms with van der Waals surface area (Å²) in [5, 5.41) is 9.12. The lowest BCUT2D eigenvalue weighted by Gasteiger charge is -2.19. The van der Waals surface area contributed by atoms with E-state index in [1.54, 1.807) is 6.92 Å². The lowest BCUT2D eigenvalue weighted by molar-refractivity contribution is -0.144. The lowest BCUT2D eigenvalue weighted by Crippen LogP contribution is -2.38. The molecular weight excluding hydrogens is 372 g/mol. The number of nitrogens with zero attached hydrogens (tertiary/aromatic N) is 1. The molecule has 0 aromatic heterocycles. The summed E-state index contributed by atoms with van der Waals surface area (Å²) in [6.07, 6.45) is 0.309. The van der Waals surface area contributed by atoms with Gasteiger partial charge in [-0.25, -0.2) is 4.79 Å². The van der Waals surface area contributed by atoms with Gasteiger partial charge >= 0.3 is 12.1 Å². The highest BCUT2D eigenvalue weighted by Crippen LogP contribution is 2.13. The molecule has 1 rings (SSSR count). The van der Waals surface area contributed by atoms with E-state index in [4.69, 9.17) is 9.47 Å². The number of hydrogen-bond donors (Lipinski definition) is 3. The summed E-state index contributed by atoms with van der Waals surface area (Å²) in [6.45, 7) is 11.0. The van der Waals surface area contributed by atoms with Crippen LogP contribution in [0.2, 0.25) is 0 Å². The first-order chi connectivity index (χ1) is 13.6. The van der Waals surface area contributed by atoms with Gasteiger partial charge in [-0.2, -0.15) is 0 Å². The number of methoxy groups -OCH3 is 1. The number of hydrogen-bond acceptors (Lipinski definition) is 5. The zero-order valence-electron chi connectivity index (χ0n) is 18.3. The Hall–Kier alpha value is -2.77. The second-order valence-electron chi connectivity index (χ2n) is 7.64. The van der Waals surface area contributed by atoms with Crippen molar-refractivity contribution in [1.82, 2.24) is 10.6 Å². The van der Waals surface area contributed by atoms with E-state index in [1.807, 2.05) is 52.0 Å². The van der Waals surface area contributed by atoms with Gasteiger partial charge in [0.25, 0.3) is 0 Å². The molecule has 29 heavy (non-hydrogen) atoms. The molecule has 1 unspecified atom stereocenters. The molecule has 0 radical (unpaired) electrons. The highest BCUT2D eigenvalue weighted by atomic mass is 16.6. The fourth-order valence-electron chi connectivity index (χ4n) is 2.35. The molecule has 162 valence electrons. The van der Waals surface area contributed by atoms with Crippen molar-refractivity contribution in [1.29, 1.82) is 0 Å². The SMILES string of the molecule is CCNC(=NCC(C)C(=O)OC)NCCc1ccc(NC(=O)OC(C)(C)C)cc1. The Bertz CT molecular complexity index is 681. The van der Waals surface area contributed by atoms with Crippen LogP contribution in [0.4, 0.5) is 10.5 Å². The molecule has 8 heteroatoms. The predicted molar refractivity (Wildman–Crippen MR) is 115 cm³/mol. The van der Waals surface area contributed by atoms with Gasteiger partial charge in [-0.3, -0.25) is 15.1 Å². The fraction of sp³-hybridized carbons (Fsp3) is 0.571. The minimum absolute atomic E-state index is 0.273. The van der Waals surface area contributed by atoms with Crippen molar-refractivity contribution in [3.05, 3.63) is 29.8 Å². The molecule has 0 spiro atoms. The third-order valence-corrected chi connectivity index (χ3v) is 3.78.